The molecule has 0 amide bonds. The molecule has 2 nitrogen and oxygen atoms in total. The van der Waals surface area contributed by atoms with Crippen molar-refractivity contribution in [2.45, 2.75) is 44.4 Å². The summed E-state index contributed by atoms with van der Waals surface area (Å²) in [5.74, 6) is 0.193. The van der Waals surface area contributed by atoms with E-state index in [1.807, 2.05) is 18.2 Å². The molecule has 0 heterocycles. The Bertz CT molecular complexity index is 456. The van der Waals surface area contributed by atoms with E-state index in [2.05, 4.69) is 6.08 Å². The summed E-state index contributed by atoms with van der Waals surface area (Å²) >= 11 is 0. The molecule has 0 spiro atoms. The minimum Gasteiger partial charge on any atom is -0.481 e. The lowest BCUT2D eigenvalue weighted by molar-refractivity contribution is -0.136. The molecule has 108 valence electrons. The van der Waals surface area contributed by atoms with Gasteiger partial charge in [-0.25, -0.2) is 4.39 Å². The van der Waals surface area contributed by atoms with Crippen LogP contribution in [0.15, 0.2) is 36.4 Å². The third-order valence-electron chi connectivity index (χ3n) is 4.05. The topological polar surface area (TPSA) is 37.3 Å². The van der Waals surface area contributed by atoms with Crippen molar-refractivity contribution in [3.05, 3.63) is 47.8 Å². The number of carboxylic acids is 1. The van der Waals surface area contributed by atoms with Gasteiger partial charge in [-0.1, -0.05) is 24.3 Å². The third-order valence-corrected chi connectivity index (χ3v) is 4.05. The second-order valence-corrected chi connectivity index (χ2v) is 5.52. The van der Waals surface area contributed by atoms with Crippen LogP contribution in [0.4, 0.5) is 4.39 Å². The van der Waals surface area contributed by atoms with Gasteiger partial charge in [-0.15, -0.1) is 0 Å². The fourth-order valence-electron chi connectivity index (χ4n) is 2.88. The Labute approximate surface area is 119 Å². The lowest BCUT2D eigenvalue weighted by Gasteiger charge is -2.27. The van der Waals surface area contributed by atoms with Gasteiger partial charge in [0.2, 0.25) is 0 Å². The second kappa shape index (κ2) is 7.22. The van der Waals surface area contributed by atoms with Gasteiger partial charge in [0.15, 0.2) is 0 Å². The van der Waals surface area contributed by atoms with Gasteiger partial charge in [-0.05, 0) is 61.6 Å². The van der Waals surface area contributed by atoms with Gasteiger partial charge in [0.25, 0.3) is 0 Å². The summed E-state index contributed by atoms with van der Waals surface area (Å²) in [6, 6.07) is 6.85. The van der Waals surface area contributed by atoms with Crippen LogP contribution >= 0.6 is 0 Å². The fraction of sp³-hybridized carbons (Fsp3) is 0.471. The SMILES string of the molecule is O=C(O)CCC=C[C@H]1CC[C@H](c2ccc(F)cc2)CC1. The molecular weight excluding hydrogens is 255 g/mol. The Balaban J connectivity index is 1.77. The van der Waals surface area contributed by atoms with Crippen LogP contribution in [0.2, 0.25) is 0 Å². The summed E-state index contributed by atoms with van der Waals surface area (Å²) in [5.41, 5.74) is 1.24. The first-order valence-electron chi connectivity index (χ1n) is 7.29. The molecule has 0 saturated heterocycles. The van der Waals surface area contributed by atoms with Crippen molar-refractivity contribution in [1.82, 2.24) is 0 Å². The Hall–Kier alpha value is -1.64. The lowest BCUT2D eigenvalue weighted by Crippen LogP contribution is -2.11. The first-order chi connectivity index (χ1) is 9.65. The highest BCUT2D eigenvalue weighted by molar-refractivity contribution is 5.66. The number of allylic oxidation sites excluding steroid dienone is 2. The van der Waals surface area contributed by atoms with Crippen molar-refractivity contribution in [3.63, 3.8) is 0 Å². The summed E-state index contributed by atoms with van der Waals surface area (Å²) in [6.45, 7) is 0. The molecule has 1 saturated carbocycles. The molecule has 0 aliphatic heterocycles. The molecule has 0 unspecified atom stereocenters. The zero-order chi connectivity index (χ0) is 14.4. The van der Waals surface area contributed by atoms with Crippen LogP contribution in [-0.2, 0) is 4.79 Å². The average molecular weight is 276 g/mol. The highest BCUT2D eigenvalue weighted by Crippen LogP contribution is 2.36. The molecule has 1 fully saturated rings. The molecule has 0 atom stereocenters. The van der Waals surface area contributed by atoms with Crippen LogP contribution in [0, 0.1) is 11.7 Å². The number of carboxylic acid groups (broad SMARTS) is 1. The van der Waals surface area contributed by atoms with Crippen molar-refractivity contribution in [3.8, 4) is 0 Å². The summed E-state index contributed by atoms with van der Waals surface area (Å²) in [4.78, 5) is 10.4. The van der Waals surface area contributed by atoms with Gasteiger partial charge in [-0.3, -0.25) is 4.79 Å². The van der Waals surface area contributed by atoms with E-state index < -0.39 is 5.97 Å². The Morgan fingerprint density at radius 2 is 1.85 bits per heavy atom. The standard InChI is InChI=1S/C17H21FO2/c18-16-11-9-15(10-12-16)14-7-5-13(6-8-14)3-1-2-4-17(19)20/h1,3,9-14H,2,4-8H2,(H,19,20)/t13-,14-. The fourth-order valence-corrected chi connectivity index (χ4v) is 2.88. The molecule has 0 aromatic heterocycles. The lowest BCUT2D eigenvalue weighted by atomic mass is 9.78. The quantitative estimate of drug-likeness (QED) is 0.803. The maximum Gasteiger partial charge on any atom is 0.303 e. The highest BCUT2D eigenvalue weighted by atomic mass is 19.1. The number of rotatable bonds is 5. The first kappa shape index (κ1) is 14.8. The number of hydrogen-bond donors (Lipinski definition) is 1. The van der Waals surface area contributed by atoms with Gasteiger partial charge >= 0.3 is 5.97 Å². The van der Waals surface area contributed by atoms with Crippen LogP contribution in [0.3, 0.4) is 0 Å². The normalized spacial score (nSPS) is 23.1. The smallest absolute Gasteiger partial charge is 0.303 e. The number of hydrogen-bond acceptors (Lipinski definition) is 1. The van der Waals surface area contributed by atoms with Crippen LogP contribution in [-0.4, -0.2) is 11.1 Å². The summed E-state index contributed by atoms with van der Waals surface area (Å²) < 4.78 is 12.9. The Morgan fingerprint density at radius 1 is 1.20 bits per heavy atom. The number of halogens is 1. The molecular formula is C17H21FO2. The zero-order valence-corrected chi connectivity index (χ0v) is 11.6. The van der Waals surface area contributed by atoms with Crippen LogP contribution in [0.25, 0.3) is 0 Å². The van der Waals surface area contributed by atoms with E-state index in [4.69, 9.17) is 5.11 Å². The monoisotopic (exact) mass is 276 g/mol. The molecule has 1 aromatic rings. The van der Waals surface area contributed by atoms with E-state index in [9.17, 15) is 9.18 Å². The maximum absolute atomic E-state index is 12.9. The van der Waals surface area contributed by atoms with Gasteiger partial charge in [0.1, 0.15) is 5.82 Å². The molecule has 0 bridgehead atoms. The van der Waals surface area contributed by atoms with Gasteiger partial charge < -0.3 is 5.11 Å². The Morgan fingerprint density at radius 3 is 2.45 bits per heavy atom. The van der Waals surface area contributed by atoms with Crippen molar-refractivity contribution in [2.75, 3.05) is 0 Å². The van der Waals surface area contributed by atoms with E-state index in [0.29, 0.717) is 18.3 Å². The maximum atomic E-state index is 12.9. The summed E-state index contributed by atoms with van der Waals surface area (Å²) in [7, 11) is 0. The number of carbonyl (C=O) groups is 1. The molecule has 20 heavy (non-hydrogen) atoms. The van der Waals surface area contributed by atoms with E-state index >= 15 is 0 Å². The third kappa shape index (κ3) is 4.48. The summed E-state index contributed by atoms with van der Waals surface area (Å²) in [5, 5.41) is 8.57. The predicted molar refractivity (Wildman–Crippen MR) is 77.1 cm³/mol. The van der Waals surface area contributed by atoms with E-state index in [1.54, 1.807) is 0 Å². The first-order valence-corrected chi connectivity index (χ1v) is 7.29. The van der Waals surface area contributed by atoms with Crippen molar-refractivity contribution in [1.29, 1.82) is 0 Å². The van der Waals surface area contributed by atoms with Crippen molar-refractivity contribution in [2.24, 2.45) is 5.92 Å². The predicted octanol–water partition coefficient (Wildman–Crippen LogP) is 4.52. The van der Waals surface area contributed by atoms with E-state index in [-0.39, 0.29) is 12.2 Å². The Kier molecular flexibility index (Phi) is 5.33. The molecule has 1 N–H and O–H groups in total. The van der Waals surface area contributed by atoms with E-state index in [1.165, 1.54) is 17.7 Å². The van der Waals surface area contributed by atoms with Gasteiger partial charge in [-0.2, -0.15) is 0 Å². The van der Waals surface area contributed by atoms with Crippen LogP contribution in [0.5, 0.6) is 0 Å². The number of aliphatic carboxylic acids is 1. The second-order valence-electron chi connectivity index (χ2n) is 5.52. The molecule has 2 rings (SSSR count). The minimum absolute atomic E-state index is 0.177. The summed E-state index contributed by atoms with van der Waals surface area (Å²) in [6.07, 6.45) is 9.51. The van der Waals surface area contributed by atoms with E-state index in [0.717, 1.165) is 25.7 Å². The molecule has 0 radical (unpaired) electrons. The van der Waals surface area contributed by atoms with Gasteiger partial charge in [0.05, 0.1) is 0 Å². The zero-order valence-electron chi connectivity index (χ0n) is 11.6. The number of benzene rings is 1. The van der Waals surface area contributed by atoms with Crippen molar-refractivity contribution < 1.29 is 14.3 Å². The largest absolute Gasteiger partial charge is 0.481 e. The molecule has 1 aliphatic rings. The van der Waals surface area contributed by atoms with Crippen LogP contribution < -0.4 is 0 Å². The highest BCUT2D eigenvalue weighted by Gasteiger charge is 2.20. The molecule has 1 aromatic carbocycles. The molecule has 3 heteroatoms. The average Bonchev–Trinajstić information content (AvgIpc) is 2.45. The molecule has 1 aliphatic carbocycles. The van der Waals surface area contributed by atoms with Crippen LogP contribution in [0.1, 0.15) is 50.0 Å². The van der Waals surface area contributed by atoms with Gasteiger partial charge in [0, 0.05) is 6.42 Å². The minimum atomic E-state index is -0.741. The van der Waals surface area contributed by atoms with Crippen molar-refractivity contribution >= 4 is 5.97 Å².